The van der Waals surface area contributed by atoms with Gasteiger partial charge in [0, 0.05) is 24.7 Å². The Morgan fingerprint density at radius 2 is 2.24 bits per heavy atom. The minimum Gasteiger partial charge on any atom is -0.310 e. The number of hydrogen-bond acceptors (Lipinski definition) is 3. The third-order valence-corrected chi connectivity index (χ3v) is 3.82. The predicted octanol–water partition coefficient (Wildman–Crippen LogP) is 2.87. The van der Waals surface area contributed by atoms with Crippen LogP contribution < -0.4 is 5.32 Å². The van der Waals surface area contributed by atoms with E-state index in [9.17, 15) is 10.1 Å². The molecule has 92 valence electrons. The number of nitro benzene ring substituents is 1. The predicted molar refractivity (Wildman–Crippen MR) is 66.7 cm³/mol. The van der Waals surface area contributed by atoms with Gasteiger partial charge in [-0.3, -0.25) is 10.1 Å². The van der Waals surface area contributed by atoms with Gasteiger partial charge in [0.1, 0.15) is 0 Å². The highest BCUT2D eigenvalue weighted by atomic mass is 16.6. The van der Waals surface area contributed by atoms with Gasteiger partial charge in [0.25, 0.3) is 5.69 Å². The van der Waals surface area contributed by atoms with E-state index >= 15 is 0 Å². The van der Waals surface area contributed by atoms with E-state index in [2.05, 4.69) is 19.2 Å². The Bertz CT molecular complexity index is 427. The van der Waals surface area contributed by atoms with Gasteiger partial charge in [-0.2, -0.15) is 0 Å². The minimum absolute atomic E-state index is 0.162. The summed E-state index contributed by atoms with van der Waals surface area (Å²) < 4.78 is 0. The van der Waals surface area contributed by atoms with Gasteiger partial charge in [-0.25, -0.2) is 0 Å². The van der Waals surface area contributed by atoms with E-state index in [1.54, 1.807) is 12.1 Å². The molecule has 1 saturated carbocycles. The summed E-state index contributed by atoms with van der Waals surface area (Å²) in [6.07, 6.45) is 2.55. The number of hydrogen-bond donors (Lipinski definition) is 1. The average Bonchev–Trinajstić information content (AvgIpc) is 3.06. The number of nitrogens with one attached hydrogen (secondary N) is 1. The second kappa shape index (κ2) is 4.45. The van der Waals surface area contributed by atoms with Crippen LogP contribution in [0.5, 0.6) is 0 Å². The first-order chi connectivity index (χ1) is 8.01. The molecule has 0 aliphatic heterocycles. The van der Waals surface area contributed by atoms with E-state index in [4.69, 9.17) is 0 Å². The summed E-state index contributed by atoms with van der Waals surface area (Å²) in [5.41, 5.74) is 1.56. The van der Waals surface area contributed by atoms with Crippen LogP contribution in [0.1, 0.15) is 32.3 Å². The van der Waals surface area contributed by atoms with Crippen molar-refractivity contribution < 1.29 is 4.92 Å². The van der Waals surface area contributed by atoms with Crippen molar-refractivity contribution in [3.05, 3.63) is 39.9 Å². The molecule has 0 radical (unpaired) electrons. The summed E-state index contributed by atoms with van der Waals surface area (Å²) in [6.45, 7) is 5.15. The number of nitro groups is 1. The first-order valence-electron chi connectivity index (χ1n) is 5.98. The fraction of sp³-hybridized carbons (Fsp3) is 0.538. The number of nitrogens with zero attached hydrogens (tertiary/aromatic N) is 1. The summed E-state index contributed by atoms with van der Waals surface area (Å²) in [7, 11) is 0. The zero-order valence-electron chi connectivity index (χ0n) is 10.3. The van der Waals surface area contributed by atoms with Crippen LogP contribution in [-0.4, -0.2) is 11.0 Å². The maximum absolute atomic E-state index is 10.6. The third-order valence-electron chi connectivity index (χ3n) is 3.82. The van der Waals surface area contributed by atoms with E-state index in [1.807, 2.05) is 6.07 Å². The van der Waals surface area contributed by atoms with E-state index in [0.717, 1.165) is 5.56 Å². The molecule has 1 aliphatic carbocycles. The minimum atomic E-state index is -0.352. The summed E-state index contributed by atoms with van der Waals surface area (Å²) in [6, 6.07) is 7.27. The summed E-state index contributed by atoms with van der Waals surface area (Å²) in [5.74, 6) is 0. The highest BCUT2D eigenvalue weighted by molar-refractivity contribution is 5.34. The Labute approximate surface area is 101 Å². The van der Waals surface area contributed by atoms with Crippen molar-refractivity contribution in [2.75, 3.05) is 0 Å². The van der Waals surface area contributed by atoms with Gasteiger partial charge in [0.15, 0.2) is 0 Å². The topological polar surface area (TPSA) is 55.2 Å². The van der Waals surface area contributed by atoms with Crippen LogP contribution in [-0.2, 0) is 6.54 Å². The van der Waals surface area contributed by atoms with Gasteiger partial charge in [0.05, 0.1) is 4.92 Å². The smallest absolute Gasteiger partial charge is 0.269 e. The lowest BCUT2D eigenvalue weighted by Gasteiger charge is -2.20. The summed E-state index contributed by atoms with van der Waals surface area (Å²) in [5, 5.41) is 14.1. The molecular weight excluding hydrogens is 216 g/mol. The highest BCUT2D eigenvalue weighted by Crippen LogP contribution is 2.47. The molecule has 1 aromatic carbocycles. The number of rotatable bonds is 5. The van der Waals surface area contributed by atoms with Crippen molar-refractivity contribution in [1.82, 2.24) is 5.32 Å². The fourth-order valence-corrected chi connectivity index (χ4v) is 1.93. The Hall–Kier alpha value is -1.42. The van der Waals surface area contributed by atoms with Gasteiger partial charge < -0.3 is 5.32 Å². The second-order valence-electron chi connectivity index (χ2n) is 5.18. The van der Waals surface area contributed by atoms with Gasteiger partial charge in [0.2, 0.25) is 0 Å². The largest absolute Gasteiger partial charge is 0.310 e. The van der Waals surface area contributed by atoms with Crippen LogP contribution in [0.4, 0.5) is 5.69 Å². The molecule has 1 N–H and O–H groups in total. The Morgan fingerprint density at radius 1 is 1.53 bits per heavy atom. The average molecular weight is 234 g/mol. The summed E-state index contributed by atoms with van der Waals surface area (Å²) >= 11 is 0. The molecule has 0 aromatic heterocycles. The van der Waals surface area contributed by atoms with Crippen LogP contribution in [0.15, 0.2) is 24.3 Å². The van der Waals surface area contributed by atoms with Gasteiger partial charge >= 0.3 is 0 Å². The lowest BCUT2D eigenvalue weighted by atomic mass is 10.0. The van der Waals surface area contributed by atoms with Crippen molar-refractivity contribution in [1.29, 1.82) is 0 Å². The van der Waals surface area contributed by atoms with E-state index < -0.39 is 0 Å². The van der Waals surface area contributed by atoms with Gasteiger partial charge in [-0.05, 0) is 30.7 Å². The van der Waals surface area contributed by atoms with E-state index in [-0.39, 0.29) is 10.6 Å². The molecule has 4 heteroatoms. The van der Waals surface area contributed by atoms with Crippen molar-refractivity contribution >= 4 is 5.69 Å². The SMILES string of the molecule is CC(NCc1cccc([N+](=O)[O-])c1)C1(C)CC1. The molecule has 1 unspecified atom stereocenters. The van der Waals surface area contributed by atoms with Crippen molar-refractivity contribution in [2.45, 2.75) is 39.3 Å². The zero-order chi connectivity index (χ0) is 12.5. The quantitative estimate of drug-likeness (QED) is 0.629. The molecule has 0 heterocycles. The zero-order valence-corrected chi connectivity index (χ0v) is 10.3. The molecular formula is C13H18N2O2. The first-order valence-corrected chi connectivity index (χ1v) is 5.98. The third kappa shape index (κ3) is 2.82. The molecule has 17 heavy (non-hydrogen) atoms. The van der Waals surface area contributed by atoms with Crippen LogP contribution in [0.25, 0.3) is 0 Å². The number of benzene rings is 1. The maximum atomic E-state index is 10.6. The van der Waals surface area contributed by atoms with Crippen LogP contribution in [0.3, 0.4) is 0 Å². The van der Waals surface area contributed by atoms with Crippen LogP contribution in [0, 0.1) is 15.5 Å². The lowest BCUT2D eigenvalue weighted by molar-refractivity contribution is -0.384. The van der Waals surface area contributed by atoms with Crippen molar-refractivity contribution in [3.8, 4) is 0 Å². The lowest BCUT2D eigenvalue weighted by Crippen LogP contribution is -2.32. The molecule has 1 fully saturated rings. The molecule has 0 amide bonds. The second-order valence-corrected chi connectivity index (χ2v) is 5.18. The first kappa shape index (κ1) is 12.0. The molecule has 0 spiro atoms. The van der Waals surface area contributed by atoms with Crippen molar-refractivity contribution in [3.63, 3.8) is 0 Å². The van der Waals surface area contributed by atoms with Crippen LogP contribution >= 0.6 is 0 Å². The molecule has 1 aromatic rings. The molecule has 0 bridgehead atoms. The maximum Gasteiger partial charge on any atom is 0.269 e. The molecule has 1 atom stereocenters. The molecule has 0 saturated heterocycles. The Kier molecular flexibility index (Phi) is 3.15. The van der Waals surface area contributed by atoms with Crippen LogP contribution in [0.2, 0.25) is 0 Å². The summed E-state index contributed by atoms with van der Waals surface area (Å²) in [4.78, 5) is 10.3. The van der Waals surface area contributed by atoms with Gasteiger partial charge in [-0.15, -0.1) is 0 Å². The monoisotopic (exact) mass is 234 g/mol. The Balaban J connectivity index is 1.94. The van der Waals surface area contributed by atoms with E-state index in [1.165, 1.54) is 18.9 Å². The molecule has 2 rings (SSSR count). The van der Waals surface area contributed by atoms with Crippen molar-refractivity contribution in [2.24, 2.45) is 5.41 Å². The number of non-ortho nitro benzene ring substituents is 1. The molecule has 4 nitrogen and oxygen atoms in total. The Morgan fingerprint density at radius 3 is 2.82 bits per heavy atom. The normalized spacial score (nSPS) is 18.7. The highest BCUT2D eigenvalue weighted by Gasteiger charge is 2.42. The standard InChI is InChI=1S/C13H18N2O2/c1-10(13(2)6-7-13)14-9-11-4-3-5-12(8-11)15(16)17/h3-5,8,10,14H,6-7,9H2,1-2H3. The molecule has 1 aliphatic rings. The fourth-order valence-electron chi connectivity index (χ4n) is 1.93. The van der Waals surface area contributed by atoms with Gasteiger partial charge in [-0.1, -0.05) is 19.1 Å². The van der Waals surface area contributed by atoms with E-state index in [0.29, 0.717) is 18.0 Å².